The summed E-state index contributed by atoms with van der Waals surface area (Å²) < 4.78 is 18.2. The van der Waals surface area contributed by atoms with Crippen LogP contribution in [0.25, 0.3) is 22.6 Å². The van der Waals surface area contributed by atoms with Crippen molar-refractivity contribution in [1.82, 2.24) is 29.3 Å². The van der Waals surface area contributed by atoms with Crippen molar-refractivity contribution >= 4 is 23.0 Å². The maximum atomic E-state index is 14.9. The van der Waals surface area contributed by atoms with Crippen LogP contribution in [-0.4, -0.2) is 43.0 Å². The van der Waals surface area contributed by atoms with E-state index in [4.69, 9.17) is 0 Å². The van der Waals surface area contributed by atoms with Crippen LogP contribution >= 0.6 is 0 Å². The highest BCUT2D eigenvalue weighted by Gasteiger charge is 2.48. The predicted octanol–water partition coefficient (Wildman–Crippen LogP) is 3.13. The summed E-state index contributed by atoms with van der Waals surface area (Å²) in [5.74, 6) is -0.146. The second kappa shape index (κ2) is 6.83. The van der Waals surface area contributed by atoms with Crippen molar-refractivity contribution in [2.24, 2.45) is 11.3 Å². The van der Waals surface area contributed by atoms with Crippen molar-refractivity contribution in [3.05, 3.63) is 47.8 Å². The molecule has 164 valence electrons. The number of rotatable bonds is 3. The number of nitrogens with zero attached hydrogens (tertiary/aromatic N) is 5. The van der Waals surface area contributed by atoms with Gasteiger partial charge in [0.05, 0.1) is 23.8 Å². The Hall–Kier alpha value is -3.33. The van der Waals surface area contributed by atoms with Crippen LogP contribution < -0.4 is 10.6 Å². The van der Waals surface area contributed by atoms with Crippen molar-refractivity contribution in [3.8, 4) is 11.3 Å². The molecule has 1 aliphatic carbocycles. The van der Waals surface area contributed by atoms with Gasteiger partial charge in [0.15, 0.2) is 22.9 Å². The molecule has 1 aliphatic heterocycles. The minimum atomic E-state index is -0.469. The van der Waals surface area contributed by atoms with Crippen LogP contribution in [0, 0.1) is 31.0 Å². The molecule has 2 N–H and O–H groups in total. The number of carbonyl (C=O) groups is 1. The number of fused-ring (bicyclic) bond motifs is 2. The first-order chi connectivity index (χ1) is 15.4. The second-order valence-electron chi connectivity index (χ2n) is 9.32. The zero-order valence-corrected chi connectivity index (χ0v) is 18.0. The van der Waals surface area contributed by atoms with Gasteiger partial charge in [0.2, 0.25) is 5.91 Å². The van der Waals surface area contributed by atoms with Crippen LogP contribution in [-0.2, 0) is 4.79 Å². The molecule has 9 heteroatoms. The van der Waals surface area contributed by atoms with E-state index in [1.165, 1.54) is 6.07 Å². The number of anilines is 1. The topological polar surface area (TPSA) is 88.6 Å². The second-order valence-corrected chi connectivity index (χ2v) is 9.32. The van der Waals surface area contributed by atoms with Crippen molar-refractivity contribution < 1.29 is 9.18 Å². The Morgan fingerprint density at radius 1 is 1.19 bits per heavy atom. The Morgan fingerprint density at radius 2 is 2.03 bits per heavy atom. The number of aromatic nitrogens is 5. The number of hydrogen-bond donors (Lipinski definition) is 2. The fourth-order valence-electron chi connectivity index (χ4n) is 5.19. The fourth-order valence-corrected chi connectivity index (χ4v) is 5.19. The molecule has 2 fully saturated rings. The van der Waals surface area contributed by atoms with E-state index in [-0.39, 0.29) is 17.5 Å². The van der Waals surface area contributed by atoms with Crippen molar-refractivity contribution in [3.63, 3.8) is 0 Å². The van der Waals surface area contributed by atoms with Gasteiger partial charge in [-0.3, -0.25) is 4.79 Å². The first-order valence-electron chi connectivity index (χ1n) is 10.9. The molecule has 6 rings (SSSR count). The first kappa shape index (κ1) is 19.4. The fraction of sp³-hybridized carbons (Fsp3) is 0.391. The summed E-state index contributed by atoms with van der Waals surface area (Å²) in [6.45, 7) is 5.90. The summed E-state index contributed by atoms with van der Waals surface area (Å²) in [5.41, 5.74) is 4.33. The molecule has 1 saturated heterocycles. The molecule has 0 atom stereocenters. The van der Waals surface area contributed by atoms with E-state index < -0.39 is 5.82 Å². The molecule has 0 unspecified atom stereocenters. The maximum Gasteiger partial charge on any atom is 0.228 e. The number of aryl methyl sites for hydroxylation is 2. The quantitative estimate of drug-likeness (QED) is 0.518. The van der Waals surface area contributed by atoms with E-state index in [9.17, 15) is 9.18 Å². The average Bonchev–Trinajstić information content (AvgIpc) is 3.44. The molecule has 4 aromatic heterocycles. The zero-order valence-electron chi connectivity index (χ0n) is 18.0. The minimum Gasteiger partial charge on any atom is -0.316 e. The van der Waals surface area contributed by atoms with Crippen molar-refractivity contribution in [1.29, 1.82) is 0 Å². The van der Waals surface area contributed by atoms with Gasteiger partial charge in [-0.1, -0.05) is 0 Å². The van der Waals surface area contributed by atoms with Gasteiger partial charge >= 0.3 is 0 Å². The number of amides is 1. The maximum absolute atomic E-state index is 14.9. The molecule has 4 aromatic rings. The molecular weight excluding hydrogens is 409 g/mol. The van der Waals surface area contributed by atoms with Gasteiger partial charge in [-0.15, -0.1) is 0 Å². The van der Waals surface area contributed by atoms with E-state index in [2.05, 4.69) is 25.7 Å². The summed E-state index contributed by atoms with van der Waals surface area (Å²) in [6.07, 6.45) is 8.21. The number of halogens is 1. The van der Waals surface area contributed by atoms with Gasteiger partial charge in [-0.05, 0) is 62.8 Å². The normalized spacial score (nSPS) is 22.7. The number of imidazole rings is 2. The van der Waals surface area contributed by atoms with Gasteiger partial charge in [0, 0.05) is 24.2 Å². The highest BCUT2D eigenvalue weighted by Crippen LogP contribution is 2.49. The molecule has 0 bridgehead atoms. The van der Waals surface area contributed by atoms with Crippen LogP contribution in [0.4, 0.5) is 10.2 Å². The molecule has 0 radical (unpaired) electrons. The Labute approximate surface area is 183 Å². The molecule has 1 saturated carbocycles. The summed E-state index contributed by atoms with van der Waals surface area (Å²) in [6, 6.07) is 3.32. The molecule has 8 nitrogen and oxygen atoms in total. The summed E-state index contributed by atoms with van der Waals surface area (Å²) in [4.78, 5) is 21.4. The highest BCUT2D eigenvalue weighted by molar-refractivity contribution is 5.92. The van der Waals surface area contributed by atoms with Crippen LogP contribution in [0.2, 0.25) is 0 Å². The molecule has 32 heavy (non-hydrogen) atoms. The summed E-state index contributed by atoms with van der Waals surface area (Å²) in [7, 11) is 0. The van der Waals surface area contributed by atoms with Crippen LogP contribution in [0.15, 0.2) is 30.7 Å². The Bertz CT molecular complexity index is 1370. The molecular formula is C23H24FN7O. The number of carbonyl (C=O) groups excluding carboxylic acids is 1. The Balaban J connectivity index is 1.27. The monoisotopic (exact) mass is 433 g/mol. The third-order valence-corrected chi connectivity index (χ3v) is 6.84. The third-order valence-electron chi connectivity index (χ3n) is 6.84. The number of nitrogens with one attached hydrogen (secondary N) is 2. The standard InChI is InChI=1S/C23H24FN7O/c1-13-5-18(29-31-9-14(2)26-20(13)31)15-6-17(24)21-27-19(11-30(21)10-15)28-22(32)16-7-23(8-16)3-4-25-12-23/h5-6,9-11,16,25H,3-4,7-8,12H2,1-2H3,(H,28,32). The summed E-state index contributed by atoms with van der Waals surface area (Å²) in [5, 5.41) is 10.8. The van der Waals surface area contributed by atoms with Crippen molar-refractivity contribution in [2.75, 3.05) is 18.4 Å². The van der Waals surface area contributed by atoms with Crippen LogP contribution in [0.1, 0.15) is 30.5 Å². The summed E-state index contributed by atoms with van der Waals surface area (Å²) >= 11 is 0. The molecule has 2 aliphatic rings. The lowest BCUT2D eigenvalue weighted by Gasteiger charge is -2.43. The van der Waals surface area contributed by atoms with E-state index in [1.807, 2.05) is 26.1 Å². The van der Waals surface area contributed by atoms with Crippen LogP contribution in [0.5, 0.6) is 0 Å². The minimum absolute atomic E-state index is 0.00217. The third kappa shape index (κ3) is 3.07. The molecule has 5 heterocycles. The molecule has 1 amide bonds. The lowest BCUT2D eigenvalue weighted by Crippen LogP contribution is -2.44. The van der Waals surface area contributed by atoms with Crippen molar-refractivity contribution in [2.45, 2.75) is 33.1 Å². The van der Waals surface area contributed by atoms with Crippen LogP contribution in [0.3, 0.4) is 0 Å². The van der Waals surface area contributed by atoms with E-state index in [0.717, 1.165) is 49.3 Å². The number of hydrogen-bond acceptors (Lipinski definition) is 5. The van der Waals surface area contributed by atoms with E-state index in [1.54, 1.807) is 21.3 Å². The molecule has 0 aromatic carbocycles. The largest absolute Gasteiger partial charge is 0.316 e. The van der Waals surface area contributed by atoms with Gasteiger partial charge < -0.3 is 15.0 Å². The smallest absolute Gasteiger partial charge is 0.228 e. The molecule has 1 spiro atoms. The Kier molecular flexibility index (Phi) is 4.13. The lowest BCUT2D eigenvalue weighted by atomic mass is 9.61. The van der Waals surface area contributed by atoms with E-state index >= 15 is 0 Å². The number of pyridine rings is 1. The zero-order chi connectivity index (χ0) is 22.0. The first-order valence-corrected chi connectivity index (χ1v) is 10.9. The van der Waals surface area contributed by atoms with Gasteiger partial charge in [0.1, 0.15) is 0 Å². The van der Waals surface area contributed by atoms with Gasteiger partial charge in [-0.2, -0.15) is 5.10 Å². The Morgan fingerprint density at radius 3 is 2.81 bits per heavy atom. The lowest BCUT2D eigenvalue weighted by molar-refractivity contribution is -0.126. The predicted molar refractivity (Wildman–Crippen MR) is 118 cm³/mol. The SMILES string of the molecule is Cc1cn2nc(-c3cc(F)c4nc(NC(=O)C5CC6(CCNC6)C5)cn4c3)cc(C)c2n1. The average molecular weight is 433 g/mol. The van der Waals surface area contributed by atoms with Gasteiger partial charge in [0.25, 0.3) is 0 Å². The highest BCUT2D eigenvalue weighted by atomic mass is 19.1. The van der Waals surface area contributed by atoms with E-state index in [0.29, 0.717) is 22.5 Å². The van der Waals surface area contributed by atoms with Gasteiger partial charge in [-0.25, -0.2) is 18.9 Å².